The van der Waals surface area contributed by atoms with E-state index in [-0.39, 0.29) is 5.82 Å². The fourth-order valence-electron chi connectivity index (χ4n) is 2.26. The molecule has 0 aliphatic carbocycles. The second-order valence-corrected chi connectivity index (χ2v) is 5.24. The molecule has 1 atom stereocenters. The van der Waals surface area contributed by atoms with Crippen molar-refractivity contribution in [3.8, 4) is 0 Å². The van der Waals surface area contributed by atoms with Crippen LogP contribution in [0.5, 0.6) is 0 Å². The monoisotopic (exact) mass is 257 g/mol. The molecule has 100 valence electrons. The first-order chi connectivity index (χ1) is 9.03. The molecule has 0 heterocycles. The first-order valence-electron chi connectivity index (χ1n) is 6.64. The van der Waals surface area contributed by atoms with E-state index in [0.717, 1.165) is 12.0 Å². The average Bonchev–Trinajstić information content (AvgIpc) is 2.41. The van der Waals surface area contributed by atoms with Gasteiger partial charge in [0.15, 0.2) is 0 Å². The average molecular weight is 257 g/mol. The minimum Gasteiger partial charge on any atom is -0.321 e. The fourth-order valence-corrected chi connectivity index (χ4v) is 2.26. The lowest BCUT2D eigenvalue weighted by Gasteiger charge is -2.26. The van der Waals surface area contributed by atoms with E-state index in [9.17, 15) is 4.39 Å². The largest absolute Gasteiger partial charge is 0.321 e. The summed E-state index contributed by atoms with van der Waals surface area (Å²) in [4.78, 5) is 0. The van der Waals surface area contributed by atoms with Crippen molar-refractivity contribution in [2.45, 2.75) is 32.2 Å². The van der Waals surface area contributed by atoms with Crippen LogP contribution in [0.4, 0.5) is 4.39 Å². The molecule has 0 spiro atoms. The number of nitrogens with two attached hydrogens (primary N) is 1. The highest BCUT2D eigenvalue weighted by Crippen LogP contribution is 2.24. The Hall–Kier alpha value is -1.67. The van der Waals surface area contributed by atoms with Crippen molar-refractivity contribution in [3.05, 3.63) is 71.0 Å². The van der Waals surface area contributed by atoms with E-state index in [1.807, 2.05) is 25.1 Å². The molecule has 2 aromatic carbocycles. The molecule has 2 aromatic rings. The van der Waals surface area contributed by atoms with E-state index < -0.39 is 5.54 Å². The Morgan fingerprint density at radius 3 is 2.26 bits per heavy atom. The van der Waals surface area contributed by atoms with Crippen molar-refractivity contribution in [2.24, 2.45) is 5.73 Å². The molecule has 0 saturated carbocycles. The molecular formula is C17H20FN. The molecule has 0 saturated heterocycles. The maximum atomic E-state index is 13.7. The van der Waals surface area contributed by atoms with Gasteiger partial charge < -0.3 is 5.73 Å². The van der Waals surface area contributed by atoms with Crippen molar-refractivity contribution in [3.63, 3.8) is 0 Å². The van der Waals surface area contributed by atoms with E-state index in [0.29, 0.717) is 12.0 Å². The van der Waals surface area contributed by atoms with Crippen molar-refractivity contribution in [1.82, 2.24) is 0 Å². The first-order valence-corrected chi connectivity index (χ1v) is 6.64. The quantitative estimate of drug-likeness (QED) is 0.885. The van der Waals surface area contributed by atoms with Crippen LogP contribution in [0, 0.1) is 5.82 Å². The predicted octanol–water partition coefficient (Wildman–Crippen LogP) is 3.80. The van der Waals surface area contributed by atoms with Crippen molar-refractivity contribution >= 4 is 0 Å². The number of aryl methyl sites for hydroxylation is 1. The van der Waals surface area contributed by atoms with Crippen LogP contribution in [-0.4, -0.2) is 0 Å². The van der Waals surface area contributed by atoms with E-state index in [1.54, 1.807) is 12.1 Å². The zero-order valence-corrected chi connectivity index (χ0v) is 11.5. The molecule has 0 aliphatic rings. The Morgan fingerprint density at radius 2 is 1.68 bits per heavy atom. The first kappa shape index (κ1) is 13.8. The van der Waals surface area contributed by atoms with Crippen LogP contribution in [0.25, 0.3) is 0 Å². The van der Waals surface area contributed by atoms with Gasteiger partial charge in [0.1, 0.15) is 5.82 Å². The summed E-state index contributed by atoms with van der Waals surface area (Å²) in [5.41, 5.74) is 8.78. The molecule has 19 heavy (non-hydrogen) atoms. The van der Waals surface area contributed by atoms with Gasteiger partial charge in [-0.2, -0.15) is 0 Å². The maximum absolute atomic E-state index is 13.7. The summed E-state index contributed by atoms with van der Waals surface area (Å²) < 4.78 is 13.7. The van der Waals surface area contributed by atoms with E-state index in [2.05, 4.69) is 19.1 Å². The number of hydrogen-bond acceptors (Lipinski definition) is 1. The SMILES string of the molecule is CCc1ccc(C(C)(N)Cc2ccccc2F)cc1. The molecule has 0 aliphatic heterocycles. The molecule has 0 bridgehead atoms. The lowest BCUT2D eigenvalue weighted by molar-refractivity contribution is 0.475. The van der Waals surface area contributed by atoms with Crippen molar-refractivity contribution in [2.75, 3.05) is 0 Å². The Kier molecular flexibility index (Phi) is 4.01. The van der Waals surface area contributed by atoms with Gasteiger partial charge in [0, 0.05) is 5.54 Å². The summed E-state index contributed by atoms with van der Waals surface area (Å²) in [6.07, 6.45) is 1.50. The summed E-state index contributed by atoms with van der Waals surface area (Å²) in [5, 5.41) is 0. The van der Waals surface area contributed by atoms with Gasteiger partial charge in [0.2, 0.25) is 0 Å². The van der Waals surface area contributed by atoms with Crippen LogP contribution < -0.4 is 5.73 Å². The Balaban J connectivity index is 2.24. The minimum atomic E-state index is -0.561. The lowest BCUT2D eigenvalue weighted by atomic mass is 9.86. The lowest BCUT2D eigenvalue weighted by Crippen LogP contribution is -2.35. The number of rotatable bonds is 4. The van der Waals surface area contributed by atoms with Crippen LogP contribution in [0.3, 0.4) is 0 Å². The van der Waals surface area contributed by atoms with E-state index >= 15 is 0 Å². The molecular weight excluding hydrogens is 237 g/mol. The normalized spacial score (nSPS) is 14.1. The highest BCUT2D eigenvalue weighted by molar-refractivity contribution is 5.30. The van der Waals surface area contributed by atoms with Crippen LogP contribution in [0.1, 0.15) is 30.5 Å². The smallest absolute Gasteiger partial charge is 0.126 e. The van der Waals surface area contributed by atoms with Gasteiger partial charge in [0.05, 0.1) is 0 Å². The Labute approximate surface area is 114 Å². The summed E-state index contributed by atoms with van der Waals surface area (Å²) >= 11 is 0. The fraction of sp³-hybridized carbons (Fsp3) is 0.294. The number of benzene rings is 2. The van der Waals surface area contributed by atoms with E-state index in [4.69, 9.17) is 5.73 Å². The summed E-state index contributed by atoms with van der Waals surface area (Å²) in [6, 6.07) is 15.1. The van der Waals surface area contributed by atoms with Crippen molar-refractivity contribution < 1.29 is 4.39 Å². The van der Waals surface area contributed by atoms with Crippen LogP contribution in [0.15, 0.2) is 48.5 Å². The van der Waals surface area contributed by atoms with Crippen LogP contribution >= 0.6 is 0 Å². The Morgan fingerprint density at radius 1 is 1.05 bits per heavy atom. The zero-order valence-electron chi connectivity index (χ0n) is 11.5. The van der Waals surface area contributed by atoms with Gasteiger partial charge in [-0.15, -0.1) is 0 Å². The van der Waals surface area contributed by atoms with Gasteiger partial charge >= 0.3 is 0 Å². The highest BCUT2D eigenvalue weighted by Gasteiger charge is 2.22. The second-order valence-electron chi connectivity index (χ2n) is 5.24. The van der Waals surface area contributed by atoms with Crippen LogP contribution in [0.2, 0.25) is 0 Å². The molecule has 1 unspecified atom stereocenters. The van der Waals surface area contributed by atoms with Gasteiger partial charge in [0.25, 0.3) is 0 Å². The summed E-state index contributed by atoms with van der Waals surface area (Å²) in [5.74, 6) is -0.190. The molecule has 0 aromatic heterocycles. The third-order valence-electron chi connectivity index (χ3n) is 3.54. The highest BCUT2D eigenvalue weighted by atomic mass is 19.1. The van der Waals surface area contributed by atoms with E-state index in [1.165, 1.54) is 11.6 Å². The topological polar surface area (TPSA) is 26.0 Å². The van der Waals surface area contributed by atoms with Crippen LogP contribution in [-0.2, 0) is 18.4 Å². The zero-order chi connectivity index (χ0) is 13.9. The van der Waals surface area contributed by atoms with Gasteiger partial charge in [-0.05, 0) is 42.5 Å². The molecule has 0 radical (unpaired) electrons. The maximum Gasteiger partial charge on any atom is 0.126 e. The molecule has 2 heteroatoms. The predicted molar refractivity (Wildman–Crippen MR) is 77.5 cm³/mol. The summed E-state index contributed by atoms with van der Waals surface area (Å²) in [7, 11) is 0. The molecule has 0 amide bonds. The standard InChI is InChI=1S/C17H20FN/c1-3-13-8-10-15(11-9-13)17(2,19)12-14-6-4-5-7-16(14)18/h4-11H,3,12,19H2,1-2H3. The Bertz CT molecular complexity index is 543. The number of hydrogen-bond donors (Lipinski definition) is 1. The van der Waals surface area contributed by atoms with Gasteiger partial charge in [-0.1, -0.05) is 49.4 Å². The van der Waals surface area contributed by atoms with Crippen molar-refractivity contribution in [1.29, 1.82) is 0 Å². The molecule has 2 rings (SSSR count). The van der Waals surface area contributed by atoms with Gasteiger partial charge in [-0.3, -0.25) is 0 Å². The molecule has 2 N–H and O–H groups in total. The number of halogens is 1. The third-order valence-corrected chi connectivity index (χ3v) is 3.54. The third kappa shape index (κ3) is 3.21. The summed E-state index contributed by atoms with van der Waals surface area (Å²) in [6.45, 7) is 4.07. The van der Waals surface area contributed by atoms with Gasteiger partial charge in [-0.25, -0.2) is 4.39 Å². The minimum absolute atomic E-state index is 0.190. The second kappa shape index (κ2) is 5.54. The molecule has 1 nitrogen and oxygen atoms in total. The molecule has 0 fully saturated rings.